The monoisotopic (exact) mass is 285 g/mol. The molecule has 2 aliphatic heterocycles. The van der Waals surface area contributed by atoms with Crippen molar-refractivity contribution < 1.29 is 0 Å². The van der Waals surface area contributed by atoms with E-state index in [1.165, 1.54) is 11.3 Å². The molecule has 18 heavy (non-hydrogen) atoms. The van der Waals surface area contributed by atoms with E-state index in [-0.39, 0.29) is 12.4 Å². The lowest BCUT2D eigenvalue weighted by Gasteiger charge is -2.35. The largest absolute Gasteiger partial charge is 0.369 e. The SMILES string of the molecule is Cl.ClN1CC=C(N2CCNCC2)c2ccccc21. The van der Waals surface area contributed by atoms with Crippen LogP contribution in [0.2, 0.25) is 0 Å². The lowest BCUT2D eigenvalue weighted by atomic mass is 10.0. The van der Waals surface area contributed by atoms with Gasteiger partial charge in [-0.3, -0.25) is 4.42 Å². The van der Waals surface area contributed by atoms with Gasteiger partial charge in [-0.1, -0.05) is 18.2 Å². The fourth-order valence-corrected chi connectivity index (χ4v) is 2.70. The number of benzene rings is 1. The van der Waals surface area contributed by atoms with Gasteiger partial charge in [0, 0.05) is 49.2 Å². The fourth-order valence-electron chi connectivity index (χ4n) is 2.48. The molecule has 1 N–H and O–H groups in total. The topological polar surface area (TPSA) is 18.5 Å². The summed E-state index contributed by atoms with van der Waals surface area (Å²) >= 11 is 6.21. The van der Waals surface area contributed by atoms with Crippen LogP contribution in [0.3, 0.4) is 0 Å². The van der Waals surface area contributed by atoms with Crippen LogP contribution < -0.4 is 9.74 Å². The standard InChI is InChI=1S/C13H16ClN3.ClH/c14-17-8-5-12(16-9-6-15-7-10-16)11-3-1-2-4-13(11)17;/h1-5,15H,6-10H2;1H. The molecule has 0 saturated carbocycles. The zero-order valence-electron chi connectivity index (χ0n) is 10.1. The number of anilines is 1. The lowest BCUT2D eigenvalue weighted by Crippen LogP contribution is -2.43. The molecule has 3 nitrogen and oxygen atoms in total. The Balaban J connectivity index is 0.00000120. The van der Waals surface area contributed by atoms with Gasteiger partial charge in [0.2, 0.25) is 0 Å². The number of rotatable bonds is 1. The number of piperazine rings is 1. The van der Waals surface area contributed by atoms with Crippen molar-refractivity contribution >= 4 is 35.6 Å². The van der Waals surface area contributed by atoms with Gasteiger partial charge in [0.1, 0.15) is 0 Å². The van der Waals surface area contributed by atoms with Crippen molar-refractivity contribution in [3.05, 3.63) is 35.9 Å². The van der Waals surface area contributed by atoms with Gasteiger partial charge < -0.3 is 10.2 Å². The van der Waals surface area contributed by atoms with E-state index in [9.17, 15) is 0 Å². The highest BCUT2D eigenvalue weighted by Crippen LogP contribution is 2.34. The first-order valence-electron chi connectivity index (χ1n) is 6.05. The van der Waals surface area contributed by atoms with Gasteiger partial charge in [0.15, 0.2) is 0 Å². The van der Waals surface area contributed by atoms with E-state index in [1.54, 1.807) is 4.42 Å². The normalized spacial score (nSPS) is 18.8. The maximum Gasteiger partial charge on any atom is 0.0619 e. The molecule has 2 aliphatic rings. The van der Waals surface area contributed by atoms with E-state index in [4.69, 9.17) is 11.8 Å². The number of nitrogens with zero attached hydrogens (tertiary/aromatic N) is 2. The molecule has 0 bridgehead atoms. The van der Waals surface area contributed by atoms with Crippen LogP contribution in [0.15, 0.2) is 30.3 Å². The summed E-state index contributed by atoms with van der Waals surface area (Å²) in [6, 6.07) is 8.34. The van der Waals surface area contributed by atoms with E-state index in [1.807, 2.05) is 6.07 Å². The van der Waals surface area contributed by atoms with E-state index in [0.717, 1.165) is 38.4 Å². The molecule has 0 aromatic heterocycles. The second-order valence-corrected chi connectivity index (χ2v) is 4.80. The molecule has 0 amide bonds. The molecule has 0 aliphatic carbocycles. The average molecular weight is 286 g/mol. The lowest BCUT2D eigenvalue weighted by molar-refractivity contribution is 0.340. The molecule has 5 heteroatoms. The molecule has 2 heterocycles. The predicted octanol–water partition coefficient (Wildman–Crippen LogP) is 2.33. The Morgan fingerprint density at radius 3 is 2.61 bits per heavy atom. The van der Waals surface area contributed by atoms with Crippen LogP contribution in [0, 0.1) is 0 Å². The van der Waals surface area contributed by atoms with Crippen molar-refractivity contribution in [1.29, 1.82) is 0 Å². The van der Waals surface area contributed by atoms with E-state index < -0.39 is 0 Å². The number of para-hydroxylation sites is 1. The predicted molar refractivity (Wildman–Crippen MR) is 79.3 cm³/mol. The summed E-state index contributed by atoms with van der Waals surface area (Å²) in [7, 11) is 0. The number of hydrogen-bond donors (Lipinski definition) is 1. The van der Waals surface area contributed by atoms with Crippen LogP contribution in [-0.4, -0.2) is 37.6 Å². The van der Waals surface area contributed by atoms with Gasteiger partial charge in [-0.25, -0.2) is 0 Å². The van der Waals surface area contributed by atoms with Crippen molar-refractivity contribution in [3.8, 4) is 0 Å². The summed E-state index contributed by atoms with van der Waals surface area (Å²) in [5, 5.41) is 3.38. The Morgan fingerprint density at radius 1 is 1.11 bits per heavy atom. The molecule has 1 saturated heterocycles. The summed E-state index contributed by atoms with van der Waals surface area (Å²) in [4.78, 5) is 2.44. The first-order valence-corrected chi connectivity index (χ1v) is 6.38. The van der Waals surface area contributed by atoms with Crippen LogP contribution in [-0.2, 0) is 0 Å². The van der Waals surface area contributed by atoms with Crippen LogP contribution in [0.1, 0.15) is 5.56 Å². The zero-order valence-corrected chi connectivity index (χ0v) is 11.7. The third-order valence-electron chi connectivity index (χ3n) is 3.34. The van der Waals surface area contributed by atoms with Gasteiger partial charge in [-0.2, -0.15) is 0 Å². The number of fused-ring (bicyclic) bond motifs is 1. The molecule has 3 rings (SSSR count). The third-order valence-corrected chi connectivity index (χ3v) is 3.66. The number of halogens is 2. The van der Waals surface area contributed by atoms with Crippen molar-refractivity contribution in [2.45, 2.75) is 0 Å². The molecule has 98 valence electrons. The number of nitrogens with one attached hydrogen (secondary N) is 1. The van der Waals surface area contributed by atoms with Gasteiger partial charge >= 0.3 is 0 Å². The Morgan fingerprint density at radius 2 is 1.83 bits per heavy atom. The average Bonchev–Trinajstić information content (AvgIpc) is 2.41. The highest BCUT2D eigenvalue weighted by atomic mass is 35.5. The zero-order chi connectivity index (χ0) is 11.7. The summed E-state index contributed by atoms with van der Waals surface area (Å²) in [5.41, 5.74) is 3.69. The van der Waals surface area contributed by atoms with Crippen LogP contribution >= 0.6 is 24.2 Å². The molecular weight excluding hydrogens is 269 g/mol. The second-order valence-electron chi connectivity index (χ2n) is 4.39. The Labute approximate surface area is 119 Å². The molecule has 0 spiro atoms. The quantitative estimate of drug-likeness (QED) is 0.799. The second kappa shape index (κ2) is 5.83. The molecular formula is C13H17Cl2N3. The highest BCUT2D eigenvalue weighted by Gasteiger charge is 2.22. The van der Waals surface area contributed by atoms with E-state index >= 15 is 0 Å². The first-order chi connectivity index (χ1) is 8.36. The maximum atomic E-state index is 6.21. The molecule has 0 radical (unpaired) electrons. The minimum Gasteiger partial charge on any atom is -0.369 e. The smallest absolute Gasteiger partial charge is 0.0619 e. The first kappa shape index (κ1) is 13.5. The van der Waals surface area contributed by atoms with E-state index in [2.05, 4.69) is 34.5 Å². The van der Waals surface area contributed by atoms with Gasteiger partial charge in [0.25, 0.3) is 0 Å². The maximum absolute atomic E-state index is 6.21. The van der Waals surface area contributed by atoms with Crippen molar-refractivity contribution in [2.24, 2.45) is 0 Å². The third kappa shape index (κ3) is 2.44. The van der Waals surface area contributed by atoms with E-state index in [0.29, 0.717) is 0 Å². The summed E-state index contributed by atoms with van der Waals surface area (Å²) < 4.78 is 1.78. The van der Waals surface area contributed by atoms with Gasteiger partial charge in [0.05, 0.1) is 12.2 Å². The highest BCUT2D eigenvalue weighted by molar-refractivity contribution is 6.26. The molecule has 1 fully saturated rings. The summed E-state index contributed by atoms with van der Waals surface area (Å²) in [5.74, 6) is 0. The molecule has 0 atom stereocenters. The fraction of sp³-hybridized carbons (Fsp3) is 0.385. The van der Waals surface area contributed by atoms with Crippen LogP contribution in [0.4, 0.5) is 5.69 Å². The van der Waals surface area contributed by atoms with Crippen molar-refractivity contribution in [2.75, 3.05) is 37.1 Å². The Hall–Kier alpha value is -0.900. The molecule has 1 aromatic carbocycles. The Bertz CT molecular complexity index is 442. The summed E-state index contributed by atoms with van der Waals surface area (Å²) in [6.45, 7) is 5.04. The van der Waals surface area contributed by atoms with Crippen molar-refractivity contribution in [1.82, 2.24) is 10.2 Å². The van der Waals surface area contributed by atoms with Crippen LogP contribution in [0.25, 0.3) is 5.70 Å². The minimum absolute atomic E-state index is 0. The Kier molecular flexibility index (Phi) is 4.38. The van der Waals surface area contributed by atoms with Crippen molar-refractivity contribution in [3.63, 3.8) is 0 Å². The molecule has 1 aromatic rings. The molecule has 0 unspecified atom stereocenters. The van der Waals surface area contributed by atoms with Gasteiger partial charge in [-0.05, 0) is 12.1 Å². The number of hydrogen-bond acceptors (Lipinski definition) is 3. The van der Waals surface area contributed by atoms with Crippen LogP contribution in [0.5, 0.6) is 0 Å². The van der Waals surface area contributed by atoms with Gasteiger partial charge in [-0.15, -0.1) is 12.4 Å². The minimum atomic E-state index is 0. The summed E-state index contributed by atoms with van der Waals surface area (Å²) in [6.07, 6.45) is 2.22.